The third-order valence-electron chi connectivity index (χ3n) is 5.65. The summed E-state index contributed by atoms with van der Waals surface area (Å²) in [5.74, 6) is -1.02. The highest BCUT2D eigenvalue weighted by Gasteiger charge is 2.57. The number of amides is 1. The molecule has 1 amide bonds. The number of nitrogens with zero attached hydrogens (tertiary/aromatic N) is 1. The van der Waals surface area contributed by atoms with E-state index in [0.29, 0.717) is 11.1 Å². The quantitative estimate of drug-likeness (QED) is 0.599. The van der Waals surface area contributed by atoms with Gasteiger partial charge in [0, 0.05) is 17.6 Å². The fraction of sp³-hybridized carbons (Fsp3) is 0.476. The van der Waals surface area contributed by atoms with Gasteiger partial charge in [-0.1, -0.05) is 18.2 Å². The van der Waals surface area contributed by atoms with Gasteiger partial charge >= 0.3 is 7.82 Å². The van der Waals surface area contributed by atoms with Gasteiger partial charge in [-0.3, -0.25) is 23.3 Å². The van der Waals surface area contributed by atoms with Crippen LogP contribution in [0.25, 0.3) is 0 Å². The topological polar surface area (TPSA) is 94.5 Å². The molecule has 3 aliphatic heterocycles. The van der Waals surface area contributed by atoms with Crippen LogP contribution < -0.4 is 0 Å². The Morgan fingerprint density at radius 2 is 2.18 bits per heavy atom. The standard InChI is InChI=1S/C21H23ClF2NO7P/c1-12-3-5-25(18(26)7-12)20-21(2,24)19(27)17(31-20)11-30-33(28)29-6-4-16(32-33)13-8-14(22)10-15(23)9-13/h3,5,8-10,16-17,19-20,27H,1,4,6-7,11H2,2H3/t16-,17-,19-,20-,21-,33-/m1/s1. The lowest BCUT2D eigenvalue weighted by Gasteiger charge is -2.33. The third kappa shape index (κ3) is 5.07. The van der Waals surface area contributed by atoms with Crippen molar-refractivity contribution in [3.63, 3.8) is 0 Å². The normalized spacial score (nSPS) is 37.1. The zero-order chi connectivity index (χ0) is 24.0. The first-order valence-electron chi connectivity index (χ1n) is 10.2. The molecule has 0 saturated carbocycles. The average molecular weight is 506 g/mol. The van der Waals surface area contributed by atoms with Crippen LogP contribution in [0.1, 0.15) is 31.4 Å². The van der Waals surface area contributed by atoms with Crippen LogP contribution in [0.15, 0.2) is 42.6 Å². The lowest BCUT2D eigenvalue weighted by molar-refractivity contribution is -0.148. The van der Waals surface area contributed by atoms with E-state index in [1.807, 2.05) is 0 Å². The molecule has 3 heterocycles. The summed E-state index contributed by atoms with van der Waals surface area (Å²) in [7, 11) is -4.14. The van der Waals surface area contributed by atoms with Crippen LogP contribution in [0.2, 0.25) is 5.02 Å². The molecule has 12 heteroatoms. The second-order valence-electron chi connectivity index (χ2n) is 8.24. The number of benzene rings is 1. The van der Waals surface area contributed by atoms with E-state index in [4.69, 9.17) is 29.9 Å². The molecule has 2 saturated heterocycles. The van der Waals surface area contributed by atoms with Crippen LogP contribution in [-0.4, -0.2) is 53.2 Å². The molecule has 1 aromatic rings. The molecule has 0 bridgehead atoms. The SMILES string of the molecule is C=C1C=CN([C@@H]2O[C@H](CO[P@@]3(=O)OCC[C@H](c4cc(F)cc(Cl)c4)O3)[C@@H](O)[C@@]2(C)F)C(=O)C1. The van der Waals surface area contributed by atoms with Crippen molar-refractivity contribution in [2.45, 2.75) is 50.0 Å². The van der Waals surface area contributed by atoms with Crippen molar-refractivity contribution in [3.8, 4) is 0 Å². The van der Waals surface area contributed by atoms with Gasteiger partial charge in [0.05, 0.1) is 25.7 Å². The first-order valence-corrected chi connectivity index (χ1v) is 12.1. The van der Waals surface area contributed by atoms with Gasteiger partial charge < -0.3 is 9.84 Å². The van der Waals surface area contributed by atoms with Crippen molar-refractivity contribution in [1.82, 2.24) is 4.90 Å². The van der Waals surface area contributed by atoms with Crippen LogP contribution >= 0.6 is 19.4 Å². The summed E-state index contributed by atoms with van der Waals surface area (Å²) >= 11 is 5.88. The van der Waals surface area contributed by atoms with Gasteiger partial charge in [0.15, 0.2) is 11.9 Å². The smallest absolute Gasteiger partial charge is 0.387 e. The molecular formula is C21H23ClF2NO7P. The van der Waals surface area contributed by atoms with E-state index >= 15 is 4.39 Å². The number of carbonyl (C=O) groups excluding carboxylic acids is 1. The number of aliphatic hydroxyl groups is 1. The highest BCUT2D eigenvalue weighted by Crippen LogP contribution is 2.57. The molecule has 4 rings (SSSR count). The minimum absolute atomic E-state index is 0.00787. The molecule has 0 aliphatic carbocycles. The summed E-state index contributed by atoms with van der Waals surface area (Å²) in [5, 5.41) is 10.6. The molecule has 0 radical (unpaired) electrons. The number of hydrogen-bond donors (Lipinski definition) is 1. The molecule has 3 aliphatic rings. The summed E-state index contributed by atoms with van der Waals surface area (Å²) in [5.41, 5.74) is -1.41. The van der Waals surface area contributed by atoms with Gasteiger partial charge in [-0.15, -0.1) is 0 Å². The van der Waals surface area contributed by atoms with E-state index in [9.17, 15) is 18.9 Å². The number of hydrogen-bond acceptors (Lipinski definition) is 7. The van der Waals surface area contributed by atoms with Crippen molar-refractivity contribution in [2.75, 3.05) is 13.2 Å². The van der Waals surface area contributed by atoms with Crippen molar-refractivity contribution in [3.05, 3.63) is 59.0 Å². The van der Waals surface area contributed by atoms with Crippen LogP contribution in [0.3, 0.4) is 0 Å². The monoisotopic (exact) mass is 505 g/mol. The molecule has 2 fully saturated rings. The zero-order valence-corrected chi connectivity index (χ0v) is 19.3. The molecule has 180 valence electrons. The lowest BCUT2D eigenvalue weighted by Crippen LogP contribution is -2.50. The fourth-order valence-corrected chi connectivity index (χ4v) is 5.53. The summed E-state index contributed by atoms with van der Waals surface area (Å²) in [4.78, 5) is 13.4. The number of aliphatic hydroxyl groups excluding tert-OH is 1. The Kier molecular flexibility index (Phi) is 6.81. The van der Waals surface area contributed by atoms with E-state index in [1.54, 1.807) is 6.08 Å². The Bertz CT molecular complexity index is 1020. The molecule has 0 spiro atoms. The number of alkyl halides is 1. The molecule has 1 aromatic carbocycles. The largest absolute Gasteiger partial charge is 0.475 e. The maximum absolute atomic E-state index is 15.3. The maximum atomic E-state index is 15.3. The van der Waals surface area contributed by atoms with Crippen molar-refractivity contribution >= 4 is 25.3 Å². The second-order valence-corrected chi connectivity index (χ2v) is 10.3. The van der Waals surface area contributed by atoms with Crippen LogP contribution in [-0.2, 0) is 27.7 Å². The second kappa shape index (κ2) is 9.19. The average Bonchev–Trinajstić information content (AvgIpc) is 2.95. The van der Waals surface area contributed by atoms with Gasteiger partial charge in [0.1, 0.15) is 18.0 Å². The van der Waals surface area contributed by atoms with Gasteiger partial charge in [-0.25, -0.2) is 13.3 Å². The number of phosphoric acid groups is 1. The van der Waals surface area contributed by atoms with E-state index < -0.39 is 56.4 Å². The van der Waals surface area contributed by atoms with Crippen LogP contribution in [0, 0.1) is 5.82 Å². The maximum Gasteiger partial charge on any atom is 0.475 e. The summed E-state index contributed by atoms with van der Waals surface area (Å²) in [6.07, 6.45) is -2.03. The third-order valence-corrected chi connectivity index (χ3v) is 7.34. The van der Waals surface area contributed by atoms with E-state index in [2.05, 4.69) is 6.58 Å². The van der Waals surface area contributed by atoms with E-state index in [1.165, 1.54) is 18.3 Å². The van der Waals surface area contributed by atoms with Gasteiger partial charge in [0.2, 0.25) is 5.91 Å². The van der Waals surface area contributed by atoms with Crippen molar-refractivity contribution < 1.29 is 41.6 Å². The highest BCUT2D eigenvalue weighted by atomic mass is 35.5. The van der Waals surface area contributed by atoms with Crippen LogP contribution in [0.5, 0.6) is 0 Å². The number of phosphoric ester groups is 1. The molecule has 0 unspecified atom stereocenters. The summed E-state index contributed by atoms with van der Waals surface area (Å²) in [6.45, 7) is 4.25. The molecular weight excluding hydrogens is 483 g/mol. The first-order chi connectivity index (χ1) is 15.5. The number of halogens is 3. The highest BCUT2D eigenvalue weighted by molar-refractivity contribution is 7.48. The zero-order valence-electron chi connectivity index (χ0n) is 17.7. The van der Waals surface area contributed by atoms with Gasteiger partial charge in [0.25, 0.3) is 0 Å². The minimum Gasteiger partial charge on any atom is -0.387 e. The Hall–Kier alpha value is -1.65. The fourth-order valence-electron chi connectivity index (χ4n) is 3.90. The predicted octanol–water partition coefficient (Wildman–Crippen LogP) is 4.20. The Labute approximate surface area is 194 Å². The van der Waals surface area contributed by atoms with Crippen molar-refractivity contribution in [1.29, 1.82) is 0 Å². The van der Waals surface area contributed by atoms with Crippen LogP contribution in [0.4, 0.5) is 8.78 Å². The molecule has 1 N–H and O–H groups in total. The predicted molar refractivity (Wildman–Crippen MR) is 113 cm³/mol. The van der Waals surface area contributed by atoms with Gasteiger partial charge in [-0.05, 0) is 42.3 Å². The lowest BCUT2D eigenvalue weighted by atomic mass is 9.97. The van der Waals surface area contributed by atoms with Crippen molar-refractivity contribution in [2.24, 2.45) is 0 Å². The van der Waals surface area contributed by atoms with Gasteiger partial charge in [-0.2, -0.15) is 0 Å². The van der Waals surface area contributed by atoms with E-state index in [-0.39, 0.29) is 24.5 Å². The molecule has 33 heavy (non-hydrogen) atoms. The number of rotatable bonds is 5. The number of allylic oxidation sites excluding steroid dienone is 1. The molecule has 6 atom stereocenters. The summed E-state index contributed by atoms with van der Waals surface area (Å²) < 4.78 is 63.5. The van der Waals surface area contributed by atoms with E-state index in [0.717, 1.165) is 17.9 Å². The first kappa shape index (κ1) is 24.5. The Balaban J connectivity index is 1.43. The number of carbonyl (C=O) groups is 1. The molecule has 8 nitrogen and oxygen atoms in total. The molecule has 0 aromatic heterocycles. The Morgan fingerprint density at radius 1 is 1.42 bits per heavy atom. The minimum atomic E-state index is -4.14. The number of ether oxygens (including phenoxy) is 1. The summed E-state index contributed by atoms with van der Waals surface area (Å²) in [6, 6.07) is 3.81. The Morgan fingerprint density at radius 3 is 2.88 bits per heavy atom.